The summed E-state index contributed by atoms with van der Waals surface area (Å²) < 4.78 is 0. The second-order valence-electron chi connectivity index (χ2n) is 8.59. The monoisotopic (exact) mass is 455 g/mol. The lowest BCUT2D eigenvalue weighted by Crippen LogP contribution is -2.45. The SMILES string of the molecule is CC(C)CN(NC(=O)Cc1ccc(CN2CCN(C)CC2)cc1)c1nc(C#N)ncc1Cl. The highest BCUT2D eigenvalue weighted by Crippen LogP contribution is 2.22. The minimum atomic E-state index is -0.175. The Morgan fingerprint density at radius 2 is 1.88 bits per heavy atom. The first-order valence-corrected chi connectivity index (χ1v) is 11.2. The van der Waals surface area contributed by atoms with Gasteiger partial charge in [-0.05, 0) is 24.1 Å². The molecule has 0 spiro atoms. The number of hydrogen-bond donors (Lipinski definition) is 1. The van der Waals surface area contributed by atoms with Crippen LogP contribution in [0.1, 0.15) is 30.8 Å². The predicted molar refractivity (Wildman–Crippen MR) is 125 cm³/mol. The van der Waals surface area contributed by atoms with E-state index in [4.69, 9.17) is 16.9 Å². The van der Waals surface area contributed by atoms with Crippen LogP contribution in [0.4, 0.5) is 5.82 Å². The molecule has 0 saturated carbocycles. The first kappa shape index (κ1) is 23.9. The van der Waals surface area contributed by atoms with Crippen LogP contribution in [0.3, 0.4) is 0 Å². The Kier molecular flexibility index (Phi) is 8.39. The van der Waals surface area contributed by atoms with Gasteiger partial charge in [0, 0.05) is 39.3 Å². The maximum Gasteiger partial charge on any atom is 0.242 e. The van der Waals surface area contributed by atoms with E-state index < -0.39 is 0 Å². The van der Waals surface area contributed by atoms with E-state index in [0.29, 0.717) is 12.4 Å². The molecule has 32 heavy (non-hydrogen) atoms. The number of rotatable bonds is 8. The van der Waals surface area contributed by atoms with E-state index in [9.17, 15) is 4.79 Å². The van der Waals surface area contributed by atoms with Crippen molar-refractivity contribution in [1.29, 1.82) is 5.26 Å². The Morgan fingerprint density at radius 3 is 2.50 bits per heavy atom. The minimum Gasteiger partial charge on any atom is -0.304 e. The van der Waals surface area contributed by atoms with Gasteiger partial charge in [-0.1, -0.05) is 49.7 Å². The minimum absolute atomic E-state index is 0.00310. The zero-order valence-electron chi connectivity index (χ0n) is 18.9. The van der Waals surface area contributed by atoms with E-state index in [1.807, 2.05) is 32.0 Å². The molecule has 1 amide bonds. The number of aromatic nitrogens is 2. The molecule has 1 fully saturated rings. The number of piperazine rings is 1. The summed E-state index contributed by atoms with van der Waals surface area (Å²) >= 11 is 6.25. The normalized spacial score (nSPS) is 14.9. The standard InChI is InChI=1S/C23H30ClN7O/c1-17(2)15-31(23-20(24)14-26-21(13-25)27-23)28-22(32)12-18-4-6-19(7-5-18)16-30-10-8-29(3)9-11-30/h4-7,14,17H,8-12,15-16H2,1-3H3,(H,28,32). The molecule has 0 radical (unpaired) electrons. The Morgan fingerprint density at radius 1 is 1.22 bits per heavy atom. The molecule has 2 aromatic rings. The van der Waals surface area contributed by atoms with Crippen LogP contribution in [0.2, 0.25) is 5.02 Å². The summed E-state index contributed by atoms with van der Waals surface area (Å²) in [5, 5.41) is 11.0. The van der Waals surface area contributed by atoms with Gasteiger partial charge in [0.2, 0.25) is 11.7 Å². The fourth-order valence-corrected chi connectivity index (χ4v) is 3.75. The number of amides is 1. The number of carbonyl (C=O) groups excluding carboxylic acids is 1. The van der Waals surface area contributed by atoms with Crippen LogP contribution < -0.4 is 10.4 Å². The van der Waals surface area contributed by atoms with Gasteiger partial charge in [0.1, 0.15) is 11.1 Å². The molecule has 8 nitrogen and oxygen atoms in total. The van der Waals surface area contributed by atoms with Crippen LogP contribution in [0.25, 0.3) is 0 Å². The first-order chi connectivity index (χ1) is 15.3. The Hall–Kier alpha value is -2.73. The molecule has 1 N–H and O–H groups in total. The number of hydrogen-bond acceptors (Lipinski definition) is 7. The van der Waals surface area contributed by atoms with Crippen molar-refractivity contribution in [2.45, 2.75) is 26.8 Å². The Labute approximate surface area is 194 Å². The van der Waals surface area contributed by atoms with Gasteiger partial charge in [0.05, 0.1) is 12.6 Å². The highest BCUT2D eigenvalue weighted by molar-refractivity contribution is 6.32. The van der Waals surface area contributed by atoms with Crippen molar-refractivity contribution in [3.05, 3.63) is 52.4 Å². The molecule has 0 aliphatic carbocycles. The number of likely N-dealkylation sites (N-methyl/N-ethyl adjacent to an activating group) is 1. The summed E-state index contributed by atoms with van der Waals surface area (Å²) in [5.41, 5.74) is 5.07. The van der Waals surface area contributed by atoms with Gasteiger partial charge in [-0.2, -0.15) is 10.2 Å². The van der Waals surface area contributed by atoms with Gasteiger partial charge in [-0.15, -0.1) is 0 Å². The van der Waals surface area contributed by atoms with Crippen LogP contribution in [0, 0.1) is 17.2 Å². The average molecular weight is 456 g/mol. The van der Waals surface area contributed by atoms with Crippen molar-refractivity contribution in [2.75, 3.05) is 44.8 Å². The van der Waals surface area contributed by atoms with E-state index in [0.717, 1.165) is 38.3 Å². The third-order valence-electron chi connectivity index (χ3n) is 5.28. The van der Waals surface area contributed by atoms with Crippen molar-refractivity contribution >= 4 is 23.3 Å². The quantitative estimate of drug-likeness (QED) is 0.611. The summed E-state index contributed by atoms with van der Waals surface area (Å²) in [7, 11) is 2.15. The van der Waals surface area contributed by atoms with Gasteiger partial charge < -0.3 is 4.90 Å². The predicted octanol–water partition coefficient (Wildman–Crippen LogP) is 2.49. The fourth-order valence-electron chi connectivity index (χ4n) is 3.55. The lowest BCUT2D eigenvalue weighted by Gasteiger charge is -2.32. The van der Waals surface area contributed by atoms with Crippen LogP contribution in [-0.4, -0.2) is 65.4 Å². The van der Waals surface area contributed by atoms with Crippen LogP contribution >= 0.6 is 11.6 Å². The van der Waals surface area contributed by atoms with Crippen LogP contribution in [0.5, 0.6) is 0 Å². The maximum absolute atomic E-state index is 12.8. The molecule has 9 heteroatoms. The summed E-state index contributed by atoms with van der Waals surface area (Å²) in [6, 6.07) is 10.1. The first-order valence-electron chi connectivity index (χ1n) is 10.8. The van der Waals surface area contributed by atoms with Gasteiger partial charge in [0.25, 0.3) is 0 Å². The highest BCUT2D eigenvalue weighted by atomic mass is 35.5. The topological polar surface area (TPSA) is 88.4 Å². The molecular formula is C23H30ClN7O. The van der Waals surface area contributed by atoms with Crippen molar-refractivity contribution < 1.29 is 4.79 Å². The molecule has 1 saturated heterocycles. The Bertz CT molecular complexity index is 950. The van der Waals surface area contributed by atoms with E-state index in [2.05, 4.69) is 44.4 Å². The molecule has 1 aromatic heterocycles. The number of nitrogens with zero attached hydrogens (tertiary/aromatic N) is 6. The summed E-state index contributed by atoms with van der Waals surface area (Å²) in [4.78, 5) is 25.6. The zero-order chi connectivity index (χ0) is 23.1. The molecule has 1 aliphatic rings. The van der Waals surface area contributed by atoms with Crippen molar-refractivity contribution in [3.8, 4) is 6.07 Å². The number of carbonyl (C=O) groups is 1. The Balaban J connectivity index is 1.61. The fraction of sp³-hybridized carbons (Fsp3) is 0.478. The lowest BCUT2D eigenvalue weighted by atomic mass is 10.1. The largest absolute Gasteiger partial charge is 0.304 e. The van der Waals surface area contributed by atoms with Gasteiger partial charge in [0.15, 0.2) is 5.82 Å². The molecule has 2 heterocycles. The molecule has 3 rings (SSSR count). The second kappa shape index (κ2) is 11.2. The van der Waals surface area contributed by atoms with Gasteiger partial charge in [-0.3, -0.25) is 20.1 Å². The highest BCUT2D eigenvalue weighted by Gasteiger charge is 2.18. The number of benzene rings is 1. The van der Waals surface area contributed by atoms with E-state index >= 15 is 0 Å². The number of hydrazine groups is 1. The van der Waals surface area contributed by atoms with Gasteiger partial charge in [-0.25, -0.2) is 4.98 Å². The number of halogens is 1. The number of nitrogens with one attached hydrogen (secondary N) is 1. The van der Waals surface area contributed by atoms with Crippen molar-refractivity contribution in [3.63, 3.8) is 0 Å². The molecule has 0 bridgehead atoms. The third-order valence-corrected chi connectivity index (χ3v) is 5.54. The van der Waals surface area contributed by atoms with Crippen LogP contribution in [-0.2, 0) is 17.8 Å². The summed E-state index contributed by atoms with van der Waals surface area (Å²) in [5.74, 6) is 0.387. The lowest BCUT2D eigenvalue weighted by molar-refractivity contribution is -0.120. The van der Waals surface area contributed by atoms with E-state index in [1.165, 1.54) is 11.8 Å². The molecule has 0 atom stereocenters. The van der Waals surface area contributed by atoms with Crippen LogP contribution in [0.15, 0.2) is 30.5 Å². The van der Waals surface area contributed by atoms with Crippen molar-refractivity contribution in [1.82, 2.24) is 25.2 Å². The maximum atomic E-state index is 12.8. The smallest absolute Gasteiger partial charge is 0.242 e. The molecule has 170 valence electrons. The molecule has 1 aromatic carbocycles. The molecular weight excluding hydrogens is 426 g/mol. The van der Waals surface area contributed by atoms with Crippen molar-refractivity contribution in [2.24, 2.45) is 5.92 Å². The van der Waals surface area contributed by atoms with E-state index in [1.54, 1.807) is 5.01 Å². The van der Waals surface area contributed by atoms with Gasteiger partial charge >= 0.3 is 0 Å². The molecule has 0 unspecified atom stereocenters. The average Bonchev–Trinajstić information content (AvgIpc) is 2.76. The summed E-state index contributed by atoms with van der Waals surface area (Å²) in [6.07, 6.45) is 1.61. The number of nitriles is 1. The molecule has 1 aliphatic heterocycles. The van der Waals surface area contributed by atoms with E-state index in [-0.39, 0.29) is 29.1 Å². The second-order valence-corrected chi connectivity index (χ2v) is 9.00. The summed E-state index contributed by atoms with van der Waals surface area (Å²) in [6.45, 7) is 9.82. The third kappa shape index (κ3) is 6.89. The zero-order valence-corrected chi connectivity index (χ0v) is 19.6. The number of anilines is 1.